The normalized spacial score (nSPS) is 13.5. The number of benzene rings is 3. The van der Waals surface area contributed by atoms with Gasteiger partial charge in [-0.2, -0.15) is 0 Å². The quantitative estimate of drug-likeness (QED) is 0.588. The van der Waals surface area contributed by atoms with Gasteiger partial charge in [0, 0.05) is 18.2 Å². The highest BCUT2D eigenvalue weighted by Gasteiger charge is 2.34. The van der Waals surface area contributed by atoms with Gasteiger partial charge in [-0.25, -0.2) is 0 Å². The third-order valence-corrected chi connectivity index (χ3v) is 5.75. The highest BCUT2D eigenvalue weighted by Crippen LogP contribution is 2.35. The molecule has 4 rings (SSSR count). The van der Waals surface area contributed by atoms with Crippen molar-refractivity contribution in [1.82, 2.24) is 4.90 Å². The van der Waals surface area contributed by atoms with Crippen molar-refractivity contribution in [3.63, 3.8) is 0 Å². The van der Waals surface area contributed by atoms with E-state index < -0.39 is 6.04 Å². The first-order valence-electron chi connectivity index (χ1n) is 10.5. The second kappa shape index (κ2) is 9.14. The van der Waals surface area contributed by atoms with Crippen molar-refractivity contribution >= 4 is 17.5 Å². The van der Waals surface area contributed by atoms with Gasteiger partial charge in [-0.05, 0) is 36.2 Å². The molecular formula is C26H26N2O4. The second-order valence-electron chi connectivity index (χ2n) is 7.84. The maximum atomic E-state index is 13.2. The summed E-state index contributed by atoms with van der Waals surface area (Å²) in [5, 5.41) is 2.93. The first-order valence-corrected chi connectivity index (χ1v) is 10.5. The van der Waals surface area contributed by atoms with E-state index in [1.54, 1.807) is 37.3 Å². The molecule has 1 atom stereocenters. The molecule has 0 aliphatic carbocycles. The predicted octanol–water partition coefficient (Wildman–Crippen LogP) is 4.74. The maximum Gasteiger partial charge on any atom is 0.255 e. The van der Waals surface area contributed by atoms with Crippen LogP contribution in [0.15, 0.2) is 66.7 Å². The fourth-order valence-corrected chi connectivity index (χ4v) is 4.01. The van der Waals surface area contributed by atoms with Crippen LogP contribution >= 0.6 is 0 Å². The number of ether oxygens (including phenoxy) is 2. The lowest BCUT2D eigenvalue weighted by atomic mass is 10.00. The minimum Gasteiger partial charge on any atom is -0.497 e. The number of carbonyl (C=O) groups excluding carboxylic acids is 2. The van der Waals surface area contributed by atoms with E-state index in [1.807, 2.05) is 55.5 Å². The van der Waals surface area contributed by atoms with Crippen molar-refractivity contribution in [2.75, 3.05) is 19.5 Å². The molecule has 1 heterocycles. The van der Waals surface area contributed by atoms with Crippen molar-refractivity contribution in [3.05, 3.63) is 89.0 Å². The van der Waals surface area contributed by atoms with Gasteiger partial charge in [-0.1, -0.05) is 48.0 Å². The smallest absolute Gasteiger partial charge is 0.255 e. The fraction of sp³-hybridized carbons (Fsp3) is 0.231. The zero-order valence-corrected chi connectivity index (χ0v) is 18.4. The van der Waals surface area contributed by atoms with E-state index in [0.29, 0.717) is 29.3 Å². The number of nitrogens with one attached hydrogen (secondary N) is 1. The van der Waals surface area contributed by atoms with Crippen LogP contribution in [0.5, 0.6) is 11.5 Å². The summed E-state index contributed by atoms with van der Waals surface area (Å²) >= 11 is 0. The first-order chi connectivity index (χ1) is 15.5. The molecule has 1 aliphatic rings. The van der Waals surface area contributed by atoms with E-state index in [4.69, 9.17) is 9.47 Å². The van der Waals surface area contributed by atoms with E-state index in [1.165, 1.54) is 0 Å². The number of fused-ring (bicyclic) bond motifs is 1. The number of hydrogen-bond acceptors (Lipinski definition) is 4. The summed E-state index contributed by atoms with van der Waals surface area (Å²) in [6.07, 6.45) is 0.114. The summed E-state index contributed by atoms with van der Waals surface area (Å²) in [7, 11) is 3.12. The number of aryl methyl sites for hydroxylation is 1. The van der Waals surface area contributed by atoms with E-state index >= 15 is 0 Å². The average Bonchev–Trinajstić information content (AvgIpc) is 3.14. The molecule has 32 heavy (non-hydrogen) atoms. The fourth-order valence-electron chi connectivity index (χ4n) is 4.01. The zero-order valence-electron chi connectivity index (χ0n) is 18.4. The van der Waals surface area contributed by atoms with Gasteiger partial charge in [-0.3, -0.25) is 9.59 Å². The Balaban J connectivity index is 1.61. The van der Waals surface area contributed by atoms with Crippen molar-refractivity contribution in [3.8, 4) is 11.5 Å². The van der Waals surface area contributed by atoms with Crippen LogP contribution < -0.4 is 14.8 Å². The Kier molecular flexibility index (Phi) is 6.12. The number of amides is 2. The van der Waals surface area contributed by atoms with Crippen LogP contribution in [0.3, 0.4) is 0 Å². The molecule has 0 spiro atoms. The van der Waals surface area contributed by atoms with Gasteiger partial charge in [-0.15, -0.1) is 0 Å². The number of nitrogens with zero attached hydrogens (tertiary/aromatic N) is 1. The lowest BCUT2D eigenvalue weighted by molar-refractivity contribution is -0.117. The zero-order chi connectivity index (χ0) is 22.7. The first kappa shape index (κ1) is 21.4. The molecule has 0 saturated heterocycles. The molecule has 164 valence electrons. The molecule has 0 fully saturated rings. The molecule has 1 N–H and O–H groups in total. The van der Waals surface area contributed by atoms with Crippen LogP contribution in [-0.4, -0.2) is 30.9 Å². The molecule has 6 nitrogen and oxygen atoms in total. The minimum absolute atomic E-state index is 0.0575. The summed E-state index contributed by atoms with van der Waals surface area (Å²) in [6, 6.07) is 20.4. The van der Waals surface area contributed by atoms with Crippen LogP contribution in [0.25, 0.3) is 0 Å². The molecule has 0 radical (unpaired) electrons. The summed E-state index contributed by atoms with van der Waals surface area (Å²) in [5.74, 6) is 0.876. The van der Waals surface area contributed by atoms with Crippen LogP contribution in [0, 0.1) is 6.92 Å². The molecule has 2 amide bonds. The SMILES string of the molecule is COc1ccc(OC)c(NC(=O)C[C@@H](c2ccc(C)cc2)N2Cc3ccccc3C2=O)c1. The Morgan fingerprint density at radius 2 is 1.78 bits per heavy atom. The number of rotatable bonds is 7. The molecule has 3 aromatic rings. The maximum absolute atomic E-state index is 13.2. The van der Waals surface area contributed by atoms with E-state index in [2.05, 4.69) is 5.32 Å². The van der Waals surface area contributed by atoms with Gasteiger partial charge < -0.3 is 19.7 Å². The van der Waals surface area contributed by atoms with Crippen molar-refractivity contribution in [1.29, 1.82) is 0 Å². The molecule has 0 bridgehead atoms. The van der Waals surface area contributed by atoms with Crippen molar-refractivity contribution < 1.29 is 19.1 Å². The predicted molar refractivity (Wildman–Crippen MR) is 123 cm³/mol. The molecule has 0 saturated carbocycles. The number of hydrogen-bond donors (Lipinski definition) is 1. The Morgan fingerprint density at radius 3 is 2.47 bits per heavy atom. The number of carbonyl (C=O) groups is 2. The van der Waals surface area contributed by atoms with Gasteiger partial charge in [0.15, 0.2) is 0 Å². The van der Waals surface area contributed by atoms with Gasteiger partial charge in [0.1, 0.15) is 11.5 Å². The Hall–Kier alpha value is -3.80. The lowest BCUT2D eigenvalue weighted by Crippen LogP contribution is -2.32. The van der Waals surface area contributed by atoms with E-state index in [-0.39, 0.29) is 18.2 Å². The van der Waals surface area contributed by atoms with Crippen LogP contribution in [0.4, 0.5) is 5.69 Å². The third-order valence-electron chi connectivity index (χ3n) is 5.75. The lowest BCUT2D eigenvalue weighted by Gasteiger charge is -2.28. The highest BCUT2D eigenvalue weighted by atomic mass is 16.5. The van der Waals surface area contributed by atoms with Gasteiger partial charge in [0.05, 0.1) is 32.4 Å². The van der Waals surface area contributed by atoms with Crippen LogP contribution in [0.2, 0.25) is 0 Å². The van der Waals surface area contributed by atoms with Crippen LogP contribution in [0.1, 0.15) is 39.5 Å². The molecular weight excluding hydrogens is 404 g/mol. The molecule has 6 heteroatoms. The van der Waals surface area contributed by atoms with E-state index in [9.17, 15) is 9.59 Å². The van der Waals surface area contributed by atoms with Crippen LogP contribution in [-0.2, 0) is 11.3 Å². The van der Waals surface area contributed by atoms with E-state index in [0.717, 1.165) is 16.7 Å². The molecule has 0 unspecified atom stereocenters. The number of anilines is 1. The molecule has 1 aliphatic heterocycles. The summed E-state index contributed by atoms with van der Waals surface area (Å²) in [6.45, 7) is 2.49. The van der Waals surface area contributed by atoms with Gasteiger partial charge in [0.25, 0.3) is 5.91 Å². The highest BCUT2D eigenvalue weighted by molar-refractivity contribution is 5.99. The summed E-state index contributed by atoms with van der Waals surface area (Å²) in [4.78, 5) is 28.1. The molecule has 3 aromatic carbocycles. The third kappa shape index (κ3) is 4.30. The second-order valence-corrected chi connectivity index (χ2v) is 7.84. The molecule has 0 aromatic heterocycles. The monoisotopic (exact) mass is 430 g/mol. The Bertz CT molecular complexity index is 1140. The summed E-state index contributed by atoms with van der Waals surface area (Å²) < 4.78 is 10.6. The number of methoxy groups -OCH3 is 2. The van der Waals surface area contributed by atoms with Gasteiger partial charge >= 0.3 is 0 Å². The van der Waals surface area contributed by atoms with Crippen molar-refractivity contribution in [2.24, 2.45) is 0 Å². The Morgan fingerprint density at radius 1 is 1.03 bits per heavy atom. The van der Waals surface area contributed by atoms with Gasteiger partial charge in [0.2, 0.25) is 5.91 Å². The van der Waals surface area contributed by atoms with Crippen molar-refractivity contribution in [2.45, 2.75) is 25.9 Å². The average molecular weight is 431 g/mol. The Labute approximate surface area is 187 Å². The largest absolute Gasteiger partial charge is 0.497 e. The topological polar surface area (TPSA) is 67.9 Å². The summed E-state index contributed by atoms with van der Waals surface area (Å²) in [5.41, 5.74) is 4.23. The minimum atomic E-state index is -0.396. The standard InChI is InChI=1S/C26H26N2O4/c1-17-8-10-18(11-9-17)23(28-16-19-6-4-5-7-21(19)26(28)30)15-25(29)27-22-14-20(31-2)12-13-24(22)32-3/h4-14,23H,15-16H2,1-3H3,(H,27,29)/t23-/m0/s1.